The molecule has 0 aliphatic carbocycles. The number of aromatic nitrogens is 3. The summed E-state index contributed by atoms with van der Waals surface area (Å²) in [4.78, 5) is 14.5. The van der Waals surface area contributed by atoms with Crippen molar-refractivity contribution >= 4 is 23.8 Å². The van der Waals surface area contributed by atoms with Crippen LogP contribution >= 0.6 is 11.8 Å². The first kappa shape index (κ1) is 14.3. The predicted octanol–water partition coefficient (Wildman–Crippen LogP) is 2.64. The molecule has 2 N–H and O–H groups in total. The number of benzene rings is 1. The Morgan fingerprint density at radius 2 is 2.35 bits per heavy atom. The first-order chi connectivity index (χ1) is 9.54. The van der Waals surface area contributed by atoms with Crippen molar-refractivity contribution in [2.75, 3.05) is 0 Å². The Kier molecular flexibility index (Phi) is 4.52. The van der Waals surface area contributed by atoms with E-state index in [0.717, 1.165) is 6.08 Å². The number of aromatic amines is 1. The normalized spacial score (nSPS) is 11.1. The van der Waals surface area contributed by atoms with E-state index in [2.05, 4.69) is 15.2 Å². The lowest BCUT2D eigenvalue weighted by Gasteiger charge is -2.02. The molecule has 0 saturated heterocycles. The van der Waals surface area contributed by atoms with Gasteiger partial charge in [0, 0.05) is 11.8 Å². The molecule has 0 bridgehead atoms. The van der Waals surface area contributed by atoms with Crippen molar-refractivity contribution in [1.29, 1.82) is 0 Å². The average Bonchev–Trinajstić information content (AvgIpc) is 2.81. The molecule has 0 aliphatic heterocycles. The van der Waals surface area contributed by atoms with Crippen molar-refractivity contribution in [3.05, 3.63) is 47.0 Å². The number of nitrogens with one attached hydrogen (secondary N) is 1. The van der Waals surface area contributed by atoms with Crippen molar-refractivity contribution in [3.63, 3.8) is 0 Å². The summed E-state index contributed by atoms with van der Waals surface area (Å²) in [5.41, 5.74) is 1.03. The third-order valence-corrected chi connectivity index (χ3v) is 3.33. The molecule has 0 fully saturated rings. The number of H-pyrrole nitrogens is 1. The van der Waals surface area contributed by atoms with Gasteiger partial charge < -0.3 is 5.11 Å². The fourth-order valence-corrected chi connectivity index (χ4v) is 2.31. The summed E-state index contributed by atoms with van der Waals surface area (Å²) in [5.74, 6) is -0.323. The molecule has 0 unspecified atom stereocenters. The Bertz CT molecular complexity index is 655. The zero-order chi connectivity index (χ0) is 14.5. The van der Waals surface area contributed by atoms with Crippen LogP contribution in [0.3, 0.4) is 0 Å². The molecule has 2 aromatic rings. The molecular formula is C13H12FN3O2S. The van der Waals surface area contributed by atoms with Gasteiger partial charge in [-0.15, -0.1) is 5.10 Å². The van der Waals surface area contributed by atoms with E-state index >= 15 is 0 Å². The Morgan fingerprint density at radius 1 is 1.55 bits per heavy atom. The molecule has 2 rings (SSSR count). The van der Waals surface area contributed by atoms with Gasteiger partial charge in [-0.3, -0.25) is 5.10 Å². The molecule has 20 heavy (non-hydrogen) atoms. The lowest BCUT2D eigenvalue weighted by atomic mass is 10.1. The zero-order valence-electron chi connectivity index (χ0n) is 10.6. The van der Waals surface area contributed by atoms with Crippen LogP contribution in [0.4, 0.5) is 4.39 Å². The number of aryl methyl sites for hydroxylation is 1. The summed E-state index contributed by atoms with van der Waals surface area (Å²) in [6.45, 7) is 1.79. The van der Waals surface area contributed by atoms with Crippen LogP contribution < -0.4 is 0 Å². The standard InChI is InChI=1S/C13H12FN3O2S/c1-8-15-13(17-16-8)20-7-10-4-2-9(6-11(10)14)3-5-12(18)19/h2-6H,7H2,1H3,(H,18,19)(H,15,16,17). The van der Waals surface area contributed by atoms with Crippen LogP contribution in [0.2, 0.25) is 0 Å². The van der Waals surface area contributed by atoms with E-state index < -0.39 is 5.97 Å². The molecule has 0 aliphatic rings. The number of carbonyl (C=O) groups is 1. The predicted molar refractivity (Wildman–Crippen MR) is 73.8 cm³/mol. The van der Waals surface area contributed by atoms with Gasteiger partial charge in [0.1, 0.15) is 11.6 Å². The minimum atomic E-state index is -1.06. The third kappa shape index (κ3) is 3.92. The molecule has 0 radical (unpaired) electrons. The molecule has 1 aromatic carbocycles. The summed E-state index contributed by atoms with van der Waals surface area (Å²) in [6, 6.07) is 4.60. The Labute approximate surface area is 118 Å². The first-order valence-electron chi connectivity index (χ1n) is 5.76. The second kappa shape index (κ2) is 6.33. The third-order valence-electron chi connectivity index (χ3n) is 2.43. The van der Waals surface area contributed by atoms with E-state index in [9.17, 15) is 9.18 Å². The summed E-state index contributed by atoms with van der Waals surface area (Å²) in [7, 11) is 0. The van der Waals surface area contributed by atoms with Gasteiger partial charge in [0.15, 0.2) is 0 Å². The fraction of sp³-hybridized carbons (Fsp3) is 0.154. The van der Waals surface area contributed by atoms with Gasteiger partial charge in [0.05, 0.1) is 0 Å². The van der Waals surface area contributed by atoms with Gasteiger partial charge in [-0.05, 0) is 30.2 Å². The van der Waals surface area contributed by atoms with Gasteiger partial charge in [0.2, 0.25) is 5.16 Å². The Morgan fingerprint density at radius 3 is 2.95 bits per heavy atom. The van der Waals surface area contributed by atoms with Crippen molar-refractivity contribution in [2.45, 2.75) is 17.8 Å². The van der Waals surface area contributed by atoms with Gasteiger partial charge in [-0.25, -0.2) is 14.2 Å². The highest BCUT2D eigenvalue weighted by Gasteiger charge is 2.06. The highest BCUT2D eigenvalue weighted by Crippen LogP contribution is 2.22. The van der Waals surface area contributed by atoms with Gasteiger partial charge in [-0.1, -0.05) is 23.9 Å². The number of thioether (sulfide) groups is 1. The molecule has 1 aromatic heterocycles. The SMILES string of the molecule is Cc1nc(SCc2ccc(C=CC(=O)O)cc2F)n[nH]1. The molecule has 104 valence electrons. The number of carboxylic acids is 1. The highest BCUT2D eigenvalue weighted by molar-refractivity contribution is 7.98. The van der Waals surface area contributed by atoms with Crippen LogP contribution in [-0.2, 0) is 10.5 Å². The molecule has 0 spiro atoms. The lowest BCUT2D eigenvalue weighted by molar-refractivity contribution is -0.131. The number of hydrogen-bond donors (Lipinski definition) is 2. The molecule has 7 heteroatoms. The van der Waals surface area contributed by atoms with Crippen molar-refractivity contribution in [1.82, 2.24) is 15.2 Å². The smallest absolute Gasteiger partial charge is 0.328 e. The number of nitrogens with zero attached hydrogens (tertiary/aromatic N) is 2. The minimum Gasteiger partial charge on any atom is -0.478 e. The minimum absolute atomic E-state index is 0.378. The Hall–Kier alpha value is -2.15. The molecule has 0 amide bonds. The monoisotopic (exact) mass is 293 g/mol. The van der Waals surface area contributed by atoms with E-state index in [0.29, 0.717) is 27.9 Å². The maximum absolute atomic E-state index is 13.8. The van der Waals surface area contributed by atoms with Crippen LogP contribution in [0.1, 0.15) is 17.0 Å². The van der Waals surface area contributed by atoms with E-state index in [-0.39, 0.29) is 5.82 Å². The zero-order valence-corrected chi connectivity index (χ0v) is 11.4. The highest BCUT2D eigenvalue weighted by atomic mass is 32.2. The summed E-state index contributed by atoms with van der Waals surface area (Å²) >= 11 is 1.33. The van der Waals surface area contributed by atoms with Crippen molar-refractivity contribution in [2.24, 2.45) is 0 Å². The van der Waals surface area contributed by atoms with Gasteiger partial charge in [0.25, 0.3) is 0 Å². The number of hydrogen-bond acceptors (Lipinski definition) is 4. The quantitative estimate of drug-likeness (QED) is 0.654. The first-order valence-corrected chi connectivity index (χ1v) is 6.74. The van der Waals surface area contributed by atoms with E-state index in [1.807, 2.05) is 0 Å². The molecule has 0 saturated carbocycles. The van der Waals surface area contributed by atoms with E-state index in [4.69, 9.17) is 5.11 Å². The average molecular weight is 293 g/mol. The fourth-order valence-electron chi connectivity index (χ4n) is 1.48. The van der Waals surface area contributed by atoms with Gasteiger partial charge >= 0.3 is 5.97 Å². The second-order valence-electron chi connectivity index (χ2n) is 4.01. The topological polar surface area (TPSA) is 78.9 Å². The second-order valence-corrected chi connectivity index (χ2v) is 4.96. The molecule has 1 heterocycles. The number of halogens is 1. The number of carboxylic acid groups (broad SMARTS) is 1. The maximum Gasteiger partial charge on any atom is 0.328 e. The van der Waals surface area contributed by atoms with Crippen LogP contribution in [0.15, 0.2) is 29.4 Å². The maximum atomic E-state index is 13.8. The summed E-state index contributed by atoms with van der Waals surface area (Å²) in [5, 5.41) is 15.7. The Balaban J connectivity index is 2.04. The largest absolute Gasteiger partial charge is 0.478 e. The van der Waals surface area contributed by atoms with Crippen LogP contribution in [0.5, 0.6) is 0 Å². The molecule has 0 atom stereocenters. The lowest BCUT2D eigenvalue weighted by Crippen LogP contribution is -1.90. The van der Waals surface area contributed by atoms with E-state index in [1.54, 1.807) is 19.1 Å². The van der Waals surface area contributed by atoms with Crippen LogP contribution in [0.25, 0.3) is 6.08 Å². The number of rotatable bonds is 5. The van der Waals surface area contributed by atoms with Gasteiger partial charge in [-0.2, -0.15) is 0 Å². The summed E-state index contributed by atoms with van der Waals surface area (Å²) < 4.78 is 13.8. The number of aliphatic carboxylic acids is 1. The van der Waals surface area contributed by atoms with Crippen molar-refractivity contribution in [3.8, 4) is 0 Å². The summed E-state index contributed by atoms with van der Waals surface area (Å²) in [6.07, 6.45) is 2.32. The van der Waals surface area contributed by atoms with Crippen molar-refractivity contribution < 1.29 is 14.3 Å². The molecular weight excluding hydrogens is 281 g/mol. The van der Waals surface area contributed by atoms with Crippen LogP contribution in [0, 0.1) is 12.7 Å². The molecule has 5 nitrogen and oxygen atoms in total. The van der Waals surface area contributed by atoms with Crippen LogP contribution in [-0.4, -0.2) is 26.3 Å². The van der Waals surface area contributed by atoms with E-state index in [1.165, 1.54) is 23.9 Å².